The van der Waals surface area contributed by atoms with Crippen molar-refractivity contribution in [3.05, 3.63) is 29.8 Å². The van der Waals surface area contributed by atoms with E-state index in [0.717, 1.165) is 31.4 Å². The summed E-state index contributed by atoms with van der Waals surface area (Å²) >= 11 is 0. The Labute approximate surface area is 117 Å². The molecule has 0 atom stereocenters. The maximum atomic E-state index is 13.2. The van der Waals surface area contributed by atoms with Gasteiger partial charge in [0, 0.05) is 6.07 Å². The molecule has 1 aromatic heterocycles. The molecule has 0 saturated heterocycles. The summed E-state index contributed by atoms with van der Waals surface area (Å²) in [5.41, 5.74) is 5.52. The highest BCUT2D eigenvalue weighted by atomic mass is 19.3. The van der Waals surface area contributed by atoms with Crippen molar-refractivity contribution >= 4 is 0 Å². The molecule has 8 heteroatoms. The maximum absolute atomic E-state index is 13.2. The molecule has 2 aromatic rings. The highest BCUT2D eigenvalue weighted by molar-refractivity contribution is 5.62. The standard InChI is InChI=1S/C13H12F3N3O2/c14-7-2-3-8(9(6-7)20-12(15)16)10-18-11(19-21-10)13(17)4-1-5-13/h2-3,6,12H,1,4-5,17H2. The van der Waals surface area contributed by atoms with Crippen molar-refractivity contribution < 1.29 is 22.4 Å². The molecular weight excluding hydrogens is 287 g/mol. The van der Waals surface area contributed by atoms with Crippen LogP contribution in [0.1, 0.15) is 25.1 Å². The van der Waals surface area contributed by atoms with Crippen LogP contribution in [0.5, 0.6) is 5.75 Å². The van der Waals surface area contributed by atoms with Gasteiger partial charge in [-0.15, -0.1) is 0 Å². The molecule has 112 valence electrons. The van der Waals surface area contributed by atoms with Gasteiger partial charge < -0.3 is 15.0 Å². The van der Waals surface area contributed by atoms with E-state index in [1.807, 2.05) is 0 Å². The van der Waals surface area contributed by atoms with Gasteiger partial charge in [0.25, 0.3) is 5.89 Å². The molecule has 5 nitrogen and oxygen atoms in total. The van der Waals surface area contributed by atoms with E-state index in [0.29, 0.717) is 5.82 Å². The number of alkyl halides is 2. The van der Waals surface area contributed by atoms with Crippen LogP contribution in [0, 0.1) is 5.82 Å². The second kappa shape index (κ2) is 5.03. The summed E-state index contributed by atoms with van der Waals surface area (Å²) in [7, 11) is 0. The van der Waals surface area contributed by atoms with Gasteiger partial charge in [-0.2, -0.15) is 13.8 Å². The number of aromatic nitrogens is 2. The second-order valence-electron chi connectivity index (χ2n) is 4.95. The molecule has 2 N–H and O–H groups in total. The SMILES string of the molecule is NC1(c2noc(-c3ccc(F)cc3OC(F)F)n2)CCC1. The van der Waals surface area contributed by atoms with Crippen LogP contribution in [0.2, 0.25) is 0 Å². The van der Waals surface area contributed by atoms with E-state index in [1.165, 1.54) is 6.07 Å². The third-order valence-corrected chi connectivity index (χ3v) is 3.51. The summed E-state index contributed by atoms with van der Waals surface area (Å²) in [5, 5.41) is 3.78. The average molecular weight is 299 g/mol. The average Bonchev–Trinajstić information content (AvgIpc) is 2.85. The molecule has 0 amide bonds. The summed E-state index contributed by atoms with van der Waals surface area (Å²) < 4.78 is 47.2. The number of hydrogen-bond acceptors (Lipinski definition) is 5. The van der Waals surface area contributed by atoms with E-state index in [9.17, 15) is 13.2 Å². The minimum atomic E-state index is -3.08. The van der Waals surface area contributed by atoms with Crippen LogP contribution in [0.4, 0.5) is 13.2 Å². The molecule has 1 heterocycles. The van der Waals surface area contributed by atoms with Crippen LogP contribution in [-0.4, -0.2) is 16.8 Å². The zero-order valence-electron chi connectivity index (χ0n) is 10.9. The van der Waals surface area contributed by atoms with Crippen molar-refractivity contribution in [2.45, 2.75) is 31.4 Å². The zero-order chi connectivity index (χ0) is 15.0. The predicted molar refractivity (Wildman–Crippen MR) is 66.0 cm³/mol. The van der Waals surface area contributed by atoms with Crippen molar-refractivity contribution in [3.63, 3.8) is 0 Å². The van der Waals surface area contributed by atoms with Crippen LogP contribution in [0.25, 0.3) is 11.5 Å². The molecule has 0 spiro atoms. The Hall–Kier alpha value is -2.09. The number of hydrogen-bond donors (Lipinski definition) is 1. The highest BCUT2D eigenvalue weighted by Gasteiger charge is 2.39. The fraction of sp³-hybridized carbons (Fsp3) is 0.385. The summed E-state index contributed by atoms with van der Waals surface area (Å²) in [5.74, 6) is -0.781. The lowest BCUT2D eigenvalue weighted by atomic mass is 9.77. The molecule has 1 saturated carbocycles. The summed E-state index contributed by atoms with van der Waals surface area (Å²) in [6.45, 7) is -3.08. The summed E-state index contributed by atoms with van der Waals surface area (Å²) in [6, 6.07) is 3.18. The Balaban J connectivity index is 1.96. The fourth-order valence-corrected chi connectivity index (χ4v) is 2.18. The molecule has 1 aliphatic rings. The smallest absolute Gasteiger partial charge is 0.387 e. The minimum absolute atomic E-state index is 0.0302. The van der Waals surface area contributed by atoms with Gasteiger partial charge in [-0.25, -0.2) is 4.39 Å². The number of rotatable bonds is 4. The van der Waals surface area contributed by atoms with E-state index in [4.69, 9.17) is 10.3 Å². The number of nitrogens with zero attached hydrogens (tertiary/aromatic N) is 2. The first-order valence-electron chi connectivity index (χ1n) is 6.36. The first-order valence-corrected chi connectivity index (χ1v) is 6.36. The lowest BCUT2D eigenvalue weighted by Gasteiger charge is -2.34. The van der Waals surface area contributed by atoms with Crippen molar-refractivity contribution in [3.8, 4) is 17.2 Å². The number of ether oxygens (including phenoxy) is 1. The largest absolute Gasteiger partial charge is 0.434 e. The Morgan fingerprint density at radius 1 is 1.33 bits per heavy atom. The minimum Gasteiger partial charge on any atom is -0.434 e. The molecule has 1 fully saturated rings. The van der Waals surface area contributed by atoms with Crippen molar-refractivity contribution in [1.82, 2.24) is 10.1 Å². The molecule has 0 bridgehead atoms. The third-order valence-electron chi connectivity index (χ3n) is 3.51. The van der Waals surface area contributed by atoms with Gasteiger partial charge in [0.1, 0.15) is 11.6 Å². The van der Waals surface area contributed by atoms with Gasteiger partial charge in [0.05, 0.1) is 11.1 Å². The zero-order valence-corrected chi connectivity index (χ0v) is 10.9. The van der Waals surface area contributed by atoms with Crippen LogP contribution in [0.3, 0.4) is 0 Å². The van der Waals surface area contributed by atoms with Gasteiger partial charge in [-0.05, 0) is 31.4 Å². The van der Waals surface area contributed by atoms with E-state index < -0.39 is 18.0 Å². The Morgan fingerprint density at radius 3 is 2.71 bits per heavy atom. The Bertz CT molecular complexity index is 656. The van der Waals surface area contributed by atoms with Crippen LogP contribution in [-0.2, 0) is 5.54 Å². The monoisotopic (exact) mass is 299 g/mol. The van der Waals surface area contributed by atoms with E-state index in [1.54, 1.807) is 0 Å². The topological polar surface area (TPSA) is 74.2 Å². The summed E-state index contributed by atoms with van der Waals surface area (Å²) in [6.07, 6.45) is 2.43. The van der Waals surface area contributed by atoms with Crippen molar-refractivity contribution in [2.75, 3.05) is 0 Å². The first kappa shape index (κ1) is 13.9. The molecular formula is C13H12F3N3O2. The molecule has 1 aromatic carbocycles. The van der Waals surface area contributed by atoms with Crippen LogP contribution < -0.4 is 10.5 Å². The van der Waals surface area contributed by atoms with Crippen molar-refractivity contribution in [2.24, 2.45) is 5.73 Å². The van der Waals surface area contributed by atoms with E-state index >= 15 is 0 Å². The van der Waals surface area contributed by atoms with Gasteiger partial charge in [0.2, 0.25) is 0 Å². The quantitative estimate of drug-likeness (QED) is 0.939. The van der Waals surface area contributed by atoms with E-state index in [2.05, 4.69) is 14.9 Å². The Morgan fingerprint density at radius 2 is 2.10 bits per heavy atom. The molecule has 21 heavy (non-hydrogen) atoms. The Kier molecular flexibility index (Phi) is 3.32. The van der Waals surface area contributed by atoms with Gasteiger partial charge in [0.15, 0.2) is 5.82 Å². The van der Waals surface area contributed by atoms with Crippen molar-refractivity contribution in [1.29, 1.82) is 0 Å². The molecule has 1 aliphatic carbocycles. The first-order chi connectivity index (χ1) is 9.98. The maximum Gasteiger partial charge on any atom is 0.387 e. The highest BCUT2D eigenvalue weighted by Crippen LogP contribution is 2.38. The lowest BCUT2D eigenvalue weighted by Crippen LogP contribution is -2.44. The van der Waals surface area contributed by atoms with E-state index in [-0.39, 0.29) is 17.2 Å². The predicted octanol–water partition coefficient (Wildman–Crippen LogP) is 2.82. The molecule has 0 unspecified atom stereocenters. The van der Waals surface area contributed by atoms with Gasteiger partial charge in [-0.1, -0.05) is 5.16 Å². The molecule has 0 radical (unpaired) electrons. The lowest BCUT2D eigenvalue weighted by molar-refractivity contribution is -0.0496. The number of halogens is 3. The van der Waals surface area contributed by atoms with Crippen LogP contribution in [0.15, 0.2) is 22.7 Å². The normalized spacial score (nSPS) is 16.8. The van der Waals surface area contributed by atoms with Gasteiger partial charge in [-0.3, -0.25) is 0 Å². The summed E-state index contributed by atoms with van der Waals surface area (Å²) in [4.78, 5) is 4.12. The second-order valence-corrected chi connectivity index (χ2v) is 4.95. The third kappa shape index (κ3) is 2.58. The number of benzene rings is 1. The molecule has 0 aliphatic heterocycles. The number of nitrogens with two attached hydrogens (primary N) is 1. The van der Waals surface area contributed by atoms with Crippen LogP contribution >= 0.6 is 0 Å². The fourth-order valence-electron chi connectivity index (χ4n) is 2.18. The van der Waals surface area contributed by atoms with Gasteiger partial charge >= 0.3 is 6.61 Å². The molecule has 3 rings (SSSR count).